The average molecular weight is 420 g/mol. The Bertz CT molecular complexity index is 949. The molecule has 0 aromatic heterocycles. The summed E-state index contributed by atoms with van der Waals surface area (Å²) in [5.74, 6) is -0.418. The van der Waals surface area contributed by atoms with E-state index < -0.39 is 27.1 Å². The second-order valence-electron chi connectivity index (χ2n) is 9.00. The summed E-state index contributed by atoms with van der Waals surface area (Å²) < 4.78 is 35.8. The molecule has 2 N–H and O–H groups in total. The first-order valence-corrected chi connectivity index (χ1v) is 10.7. The van der Waals surface area contributed by atoms with Gasteiger partial charge in [0.2, 0.25) is 5.91 Å². The van der Waals surface area contributed by atoms with E-state index in [0.717, 1.165) is 0 Å². The van der Waals surface area contributed by atoms with Crippen LogP contribution in [0.4, 0.5) is 0 Å². The molecule has 158 valence electrons. The van der Waals surface area contributed by atoms with Crippen LogP contribution in [0.3, 0.4) is 0 Å². The fraction of sp³-hybridized carbons (Fsp3) is 0.409. The monoisotopic (exact) mass is 419 g/mol. The molecule has 0 aliphatic carbocycles. The third kappa shape index (κ3) is 6.05. The van der Waals surface area contributed by atoms with Crippen LogP contribution in [0.1, 0.15) is 68.6 Å². The van der Waals surface area contributed by atoms with Gasteiger partial charge < -0.3 is 9.92 Å². The van der Waals surface area contributed by atoms with Crippen LogP contribution in [-0.4, -0.2) is 14.3 Å². The predicted molar refractivity (Wildman–Crippen MR) is 113 cm³/mol. The highest BCUT2D eigenvalue weighted by Crippen LogP contribution is 2.41. The summed E-state index contributed by atoms with van der Waals surface area (Å²) in [5, 5.41) is 0. The summed E-state index contributed by atoms with van der Waals surface area (Å²) in [5.41, 5.74) is 6.62. The molecule has 2 aromatic rings. The Morgan fingerprint density at radius 1 is 0.931 bits per heavy atom. The lowest BCUT2D eigenvalue weighted by Crippen LogP contribution is -2.25. The van der Waals surface area contributed by atoms with Crippen LogP contribution in [0.5, 0.6) is 5.75 Å². The maximum Gasteiger partial charge on any atom is 0.449 e. The number of hydrogen-bond acceptors (Lipinski definition) is 5. The number of carbonyl (C=O) groups is 1. The minimum atomic E-state index is -4.35. The quantitative estimate of drug-likeness (QED) is 0.756. The Morgan fingerprint density at radius 3 is 1.83 bits per heavy atom. The summed E-state index contributed by atoms with van der Waals surface area (Å²) in [4.78, 5) is 11.9. The van der Waals surface area contributed by atoms with Crippen LogP contribution in [-0.2, 0) is 32.0 Å². The molecule has 0 fully saturated rings. The first kappa shape index (κ1) is 22.9. The van der Waals surface area contributed by atoms with E-state index in [4.69, 9.17) is 14.1 Å². The lowest BCUT2D eigenvalue weighted by Gasteiger charge is -2.29. The van der Waals surface area contributed by atoms with Crippen molar-refractivity contribution in [2.45, 2.75) is 59.0 Å². The third-order valence-electron chi connectivity index (χ3n) is 4.39. The van der Waals surface area contributed by atoms with Gasteiger partial charge in [-0.3, -0.25) is 4.79 Å². The van der Waals surface area contributed by atoms with Crippen LogP contribution >= 0.6 is 0 Å². The fourth-order valence-electron chi connectivity index (χ4n) is 2.82. The molecule has 0 atom stereocenters. The minimum Gasteiger partial charge on any atom is -0.366 e. The minimum absolute atomic E-state index is 0.141. The maximum atomic E-state index is 12.6. The Labute approximate surface area is 173 Å². The largest absolute Gasteiger partial charge is 0.449 e. The molecule has 0 saturated carbocycles. The molecule has 1 amide bonds. The number of hydrogen-bond donors (Lipinski definition) is 1. The van der Waals surface area contributed by atoms with Gasteiger partial charge in [0.25, 0.3) is 0 Å². The van der Waals surface area contributed by atoms with E-state index in [2.05, 4.69) is 0 Å². The Morgan fingerprint density at radius 2 is 1.41 bits per heavy atom. The van der Waals surface area contributed by atoms with Gasteiger partial charge in [0.1, 0.15) is 0 Å². The molecule has 0 aliphatic heterocycles. The average Bonchev–Trinajstić information content (AvgIpc) is 2.58. The van der Waals surface area contributed by atoms with Crippen molar-refractivity contribution in [2.75, 3.05) is 0 Å². The fourth-order valence-corrected chi connectivity index (χ4v) is 3.53. The van der Waals surface area contributed by atoms with Crippen LogP contribution < -0.4 is 9.92 Å². The molecule has 0 bridgehead atoms. The number of benzene rings is 2. The molecular weight excluding hydrogens is 390 g/mol. The van der Waals surface area contributed by atoms with E-state index in [9.17, 15) is 13.2 Å². The van der Waals surface area contributed by atoms with Crippen molar-refractivity contribution < 1.29 is 21.6 Å². The van der Waals surface area contributed by atoms with Crippen molar-refractivity contribution in [3.8, 4) is 5.75 Å². The number of rotatable bonds is 6. The van der Waals surface area contributed by atoms with Crippen molar-refractivity contribution >= 4 is 16.3 Å². The van der Waals surface area contributed by atoms with Gasteiger partial charge in [-0.25, -0.2) is 4.18 Å². The zero-order valence-electron chi connectivity index (χ0n) is 17.8. The molecule has 0 heterocycles. The molecule has 6 nitrogen and oxygen atoms in total. The third-order valence-corrected chi connectivity index (χ3v) is 5.16. The molecule has 29 heavy (non-hydrogen) atoms. The van der Waals surface area contributed by atoms with Gasteiger partial charge >= 0.3 is 10.4 Å². The van der Waals surface area contributed by atoms with Gasteiger partial charge in [0, 0.05) is 16.7 Å². The Balaban J connectivity index is 2.53. The van der Waals surface area contributed by atoms with E-state index in [-0.39, 0.29) is 12.4 Å². The van der Waals surface area contributed by atoms with Crippen molar-refractivity contribution in [1.29, 1.82) is 0 Å². The van der Waals surface area contributed by atoms with Crippen molar-refractivity contribution in [3.05, 3.63) is 64.7 Å². The van der Waals surface area contributed by atoms with Crippen molar-refractivity contribution in [3.63, 3.8) is 0 Å². The van der Waals surface area contributed by atoms with Gasteiger partial charge in [-0.05, 0) is 28.5 Å². The zero-order valence-corrected chi connectivity index (χ0v) is 18.6. The Kier molecular flexibility index (Phi) is 6.45. The van der Waals surface area contributed by atoms with Gasteiger partial charge in [-0.1, -0.05) is 71.9 Å². The SMILES string of the molecule is CC(C)(C)c1cc(C(N)=O)cc(C(C)(C)C)c1OS(=O)(=O)OCc1ccccc1. The highest BCUT2D eigenvalue weighted by atomic mass is 32.3. The van der Waals surface area contributed by atoms with E-state index in [1.54, 1.807) is 36.4 Å². The molecule has 0 unspecified atom stereocenters. The van der Waals surface area contributed by atoms with Crippen molar-refractivity contribution in [2.24, 2.45) is 5.73 Å². The van der Waals surface area contributed by atoms with E-state index in [1.165, 1.54) is 0 Å². The van der Waals surface area contributed by atoms with Gasteiger partial charge in [0.15, 0.2) is 5.75 Å². The van der Waals surface area contributed by atoms with Gasteiger partial charge in [0.05, 0.1) is 6.61 Å². The first-order chi connectivity index (χ1) is 13.2. The molecule has 7 heteroatoms. The molecular formula is C22H29NO5S. The van der Waals surface area contributed by atoms with E-state index >= 15 is 0 Å². The smallest absolute Gasteiger partial charge is 0.366 e. The Hall–Kier alpha value is -2.38. The molecule has 0 saturated heterocycles. The normalized spacial score (nSPS) is 12.6. The van der Waals surface area contributed by atoms with E-state index in [0.29, 0.717) is 22.3 Å². The standard InChI is InChI=1S/C22H29NO5S/c1-21(2,3)17-12-16(20(23)24)13-18(22(4,5)6)19(17)28-29(25,26)27-14-15-10-8-7-9-11-15/h7-13H,14H2,1-6H3,(H2,23,24). The molecule has 0 spiro atoms. The lowest BCUT2D eigenvalue weighted by atomic mass is 9.78. The van der Waals surface area contributed by atoms with Crippen LogP contribution in [0.2, 0.25) is 0 Å². The number of amides is 1. The van der Waals surface area contributed by atoms with Gasteiger partial charge in [-0.2, -0.15) is 8.42 Å². The summed E-state index contributed by atoms with van der Waals surface area (Å²) >= 11 is 0. The number of primary amides is 1. The summed E-state index contributed by atoms with van der Waals surface area (Å²) in [7, 11) is -4.35. The number of nitrogens with two attached hydrogens (primary N) is 1. The molecule has 0 aliphatic rings. The lowest BCUT2D eigenvalue weighted by molar-refractivity contribution is 0.1000. The van der Waals surface area contributed by atoms with Crippen LogP contribution in [0, 0.1) is 0 Å². The summed E-state index contributed by atoms with van der Waals surface area (Å²) in [6.07, 6.45) is 0. The molecule has 0 radical (unpaired) electrons. The van der Waals surface area contributed by atoms with Crippen LogP contribution in [0.15, 0.2) is 42.5 Å². The maximum absolute atomic E-state index is 12.6. The molecule has 2 rings (SSSR count). The van der Waals surface area contributed by atoms with Gasteiger partial charge in [-0.15, -0.1) is 0 Å². The second kappa shape index (κ2) is 8.16. The summed E-state index contributed by atoms with van der Waals surface area (Å²) in [6.45, 7) is 11.3. The predicted octanol–water partition coefficient (Wildman–Crippen LogP) is 4.22. The summed E-state index contributed by atoms with van der Waals surface area (Å²) in [6, 6.07) is 12.1. The first-order valence-electron chi connectivity index (χ1n) is 9.32. The second-order valence-corrected chi connectivity index (χ2v) is 10.2. The highest BCUT2D eigenvalue weighted by molar-refractivity contribution is 7.82. The topological polar surface area (TPSA) is 95.7 Å². The highest BCUT2D eigenvalue weighted by Gasteiger charge is 2.31. The zero-order chi connectivity index (χ0) is 22.0. The number of carbonyl (C=O) groups excluding carboxylic acids is 1. The van der Waals surface area contributed by atoms with E-state index in [1.807, 2.05) is 47.6 Å². The van der Waals surface area contributed by atoms with Crippen molar-refractivity contribution in [1.82, 2.24) is 0 Å². The van der Waals surface area contributed by atoms with Crippen LogP contribution in [0.25, 0.3) is 0 Å². The molecule has 2 aromatic carbocycles.